The zero-order chi connectivity index (χ0) is 87.5. The van der Waals surface area contributed by atoms with Gasteiger partial charge in [-0.1, -0.05) is 104 Å². The maximum Gasteiger partial charge on any atom is 0.332 e. The summed E-state index contributed by atoms with van der Waals surface area (Å²) in [5, 5.41) is 16.5. The van der Waals surface area contributed by atoms with Crippen molar-refractivity contribution in [1.29, 1.82) is 0 Å². The maximum atomic E-state index is 15.4. The average Bonchev–Trinajstić information content (AvgIpc) is 1.62. The number of pyridine rings is 3. The van der Waals surface area contributed by atoms with Gasteiger partial charge in [0, 0.05) is 86.9 Å². The van der Waals surface area contributed by atoms with Gasteiger partial charge in [-0.3, -0.25) is 57.8 Å². The van der Waals surface area contributed by atoms with Gasteiger partial charge in [0.1, 0.15) is 46.1 Å². The first-order chi connectivity index (χ1) is 58.9. The highest BCUT2D eigenvalue weighted by molar-refractivity contribution is 9.10. The Morgan fingerprint density at radius 3 is 1.13 bits per heavy atom. The Kier molecular flexibility index (Phi) is 26.3. The van der Waals surface area contributed by atoms with E-state index in [1.54, 1.807) is 55.8 Å². The Hall–Kier alpha value is -9.07. The molecule has 3 amide bonds. The molecule has 9 aromatic rings. The molecule has 3 aromatic heterocycles. The molecule has 0 spiro atoms. The zero-order valence-electron chi connectivity index (χ0n) is 68.2. The maximum absolute atomic E-state index is 15.4. The summed E-state index contributed by atoms with van der Waals surface area (Å²) in [5.74, 6) is -7.22. The highest BCUT2D eigenvalue weighted by Crippen LogP contribution is 2.51. The number of unbranched alkanes of at least 4 members (excludes halogenated alkanes) is 2. The third kappa shape index (κ3) is 16.6. The Bertz CT molecular complexity index is 6040. The highest BCUT2D eigenvalue weighted by atomic mass is 79.9. The lowest BCUT2D eigenvalue weighted by molar-refractivity contribution is -0.0199. The van der Waals surface area contributed by atoms with Crippen molar-refractivity contribution in [3.8, 4) is 17.2 Å². The number of halogens is 7. The third-order valence-electron chi connectivity index (χ3n) is 22.5. The molecule has 12 heterocycles. The van der Waals surface area contributed by atoms with Crippen LogP contribution in [0.1, 0.15) is 139 Å². The summed E-state index contributed by atoms with van der Waals surface area (Å²) >= 11 is 7.60. The third-order valence-corrected chi connectivity index (χ3v) is 29.4. The Morgan fingerprint density at radius 2 is 0.780 bits per heavy atom. The molecule has 18 rings (SSSR count). The van der Waals surface area contributed by atoms with Crippen LogP contribution in [0.3, 0.4) is 0 Å². The minimum atomic E-state index is -3.20. The van der Waals surface area contributed by atoms with Crippen molar-refractivity contribution in [1.82, 2.24) is 28.7 Å². The molecule has 3 saturated heterocycles. The van der Waals surface area contributed by atoms with E-state index in [4.69, 9.17) is 23.7 Å². The summed E-state index contributed by atoms with van der Waals surface area (Å²) < 4.78 is 160. The molecule has 0 bridgehead atoms. The number of nitrogens with zero attached hydrogens (tertiary/aromatic N) is 9. The van der Waals surface area contributed by atoms with Gasteiger partial charge in [-0.25, -0.2) is 26.3 Å². The van der Waals surface area contributed by atoms with E-state index in [0.29, 0.717) is 42.9 Å². The number of hydrogen-bond acceptors (Lipinski definition) is 21. The van der Waals surface area contributed by atoms with E-state index < -0.39 is 127 Å². The van der Waals surface area contributed by atoms with Crippen LogP contribution in [0, 0.1) is 34.9 Å². The van der Waals surface area contributed by atoms with Crippen LogP contribution in [-0.4, -0.2) is 183 Å². The number of carbonyl (C=O) groups is 3. The fourth-order valence-electron chi connectivity index (χ4n) is 16.7. The molecule has 123 heavy (non-hydrogen) atoms. The number of morpholine rings is 3. The monoisotopic (exact) mass is 1870 g/mol. The first-order valence-corrected chi connectivity index (χ1v) is 51.0. The second-order valence-electron chi connectivity index (χ2n) is 31.3. The van der Waals surface area contributed by atoms with Gasteiger partial charge in [0.05, 0.1) is 86.1 Å². The standard InChI is InChI=1S/C30H32F2N3O5PS.C28H26BrF2N3O4S.C26H24F2N3O5PS.C2H6OP/c1-4-5-13-40-29-27-30(37)33-12-14-39-16-24(33)35(34(27)15-22(28(29)36)41(2,3)38)26-18-10-11-21(31)25(32)20(18)17-42-23-9-7-6-8-19(23)26;1-2-3-11-38-27-25-28(36)32-10-12-37-14-22(32)34(33(25)13-19(29)26(27)35)24-16-8-9-20(30)23(31)18(16)15-39-21-7-5-4-6-17(21)24;1-37(2,35)18-11-30-23(25(33)24(18)32)26(34)29-9-10-36-12-20(29)31(30)22-14-7-8-17(27)21(28)16(14)13-38-19-6-4-3-5-15(19)22;1-4(2)3/h6-11,15,24,26H,4-5,12-14,16-17H2,1-3H3;4-9,13,22,24H,2-3,10-12,14-15H2,1H3;3-8,11,20,22,33H,9-10,12-13H2,1-2H3;1-2H3/q;;;+1. The minimum Gasteiger partial charge on any atom is -0.502 e. The lowest BCUT2D eigenvalue weighted by atomic mass is 9.93. The van der Waals surface area contributed by atoms with Gasteiger partial charge >= 0.3 is 7.80 Å². The topological polar surface area (TPSA) is 254 Å². The van der Waals surface area contributed by atoms with E-state index in [1.807, 2.05) is 96.7 Å². The molecule has 648 valence electrons. The van der Waals surface area contributed by atoms with E-state index in [2.05, 4.69) is 15.9 Å². The Labute approximate surface area is 726 Å². The van der Waals surface area contributed by atoms with Gasteiger partial charge in [-0.15, -0.1) is 35.3 Å². The SMILES string of the molecule is CCCCOc1c2n(cc(Br)c1=O)N(C1c3ccccc3SCc3c1ccc(F)c3F)C1COCCN1C2=O.CCCCOc1c2n(cc(P(C)(C)=O)c1=O)N(C1c3ccccc3SCc3c1ccc(F)c3F)C1COCCN1C2=O.CP(C)(=O)c1cn2c(c(O)c1=O)C(=O)N1CCOCC1N2C1c2ccccc2SCc2c1ccc(F)c2F.C[P+](C)=O. The average molecular weight is 1870 g/mol. The summed E-state index contributed by atoms with van der Waals surface area (Å²) in [6, 6.07) is 28.8. The van der Waals surface area contributed by atoms with Gasteiger partial charge in [-0.05, 0) is 125 Å². The molecule has 0 aliphatic carbocycles. The molecule has 6 unspecified atom stereocenters. The van der Waals surface area contributed by atoms with E-state index in [1.165, 1.54) is 90.0 Å². The first kappa shape index (κ1) is 88.8. The number of thioether (sulfide) groups is 3. The number of benzene rings is 6. The molecule has 0 saturated carbocycles. The number of fused-ring (bicyclic) bond motifs is 12. The second-order valence-corrected chi connectivity index (χ2v) is 43.2. The van der Waals surface area contributed by atoms with Gasteiger partial charge in [0.25, 0.3) is 17.7 Å². The summed E-state index contributed by atoms with van der Waals surface area (Å²) in [4.78, 5) is 89.2. The number of aromatic hydroxyl groups is 1. The molecule has 6 atom stereocenters. The van der Waals surface area contributed by atoms with Crippen molar-refractivity contribution in [2.45, 2.75) is 108 Å². The number of hydrogen-bond donors (Lipinski definition) is 1. The van der Waals surface area contributed by atoms with Crippen LogP contribution >= 0.6 is 73.3 Å². The molecule has 3 fully saturated rings. The van der Waals surface area contributed by atoms with Crippen LogP contribution < -0.4 is 51.4 Å². The fourth-order valence-corrected chi connectivity index (χ4v) is 22.4. The lowest BCUT2D eigenvalue weighted by Gasteiger charge is -2.51. The molecule has 6 aromatic carbocycles. The van der Waals surface area contributed by atoms with Gasteiger partial charge in [-0.2, -0.15) is 0 Å². The van der Waals surface area contributed by atoms with E-state index in [0.717, 1.165) is 68.8 Å². The van der Waals surface area contributed by atoms with Crippen LogP contribution in [0.15, 0.2) is 161 Å². The van der Waals surface area contributed by atoms with E-state index in [-0.39, 0.29) is 136 Å². The number of ether oxygens (including phenoxy) is 5. The van der Waals surface area contributed by atoms with Crippen molar-refractivity contribution < 1.29 is 83.2 Å². The van der Waals surface area contributed by atoms with Gasteiger partial charge in [0.2, 0.25) is 16.3 Å². The van der Waals surface area contributed by atoms with Gasteiger partial charge < -0.3 is 52.6 Å². The summed E-state index contributed by atoms with van der Waals surface area (Å²) in [6.07, 6.45) is 5.46. The van der Waals surface area contributed by atoms with Crippen LogP contribution in [-0.2, 0) is 45.2 Å². The fraction of sp³-hybridized carbons (Fsp3) is 0.372. The second kappa shape index (κ2) is 36.5. The molecule has 24 nitrogen and oxygen atoms in total. The molecule has 0 radical (unpaired) electrons. The zero-order valence-corrected chi connectivity index (χ0v) is 74.9. The van der Waals surface area contributed by atoms with Crippen LogP contribution in [0.4, 0.5) is 26.3 Å². The van der Waals surface area contributed by atoms with Crippen molar-refractivity contribution >= 4 is 102 Å². The van der Waals surface area contributed by atoms with Crippen molar-refractivity contribution in [2.24, 2.45) is 0 Å². The Balaban J connectivity index is 0.000000140. The minimum absolute atomic E-state index is 0.0185. The quantitative estimate of drug-likeness (QED) is 0.0639. The van der Waals surface area contributed by atoms with Crippen LogP contribution in [0.2, 0.25) is 0 Å². The normalized spacial score (nSPS) is 19.8. The van der Waals surface area contributed by atoms with Crippen molar-refractivity contribution in [3.05, 3.63) is 265 Å². The lowest BCUT2D eigenvalue weighted by Crippen LogP contribution is -2.67. The number of aromatic nitrogens is 3. The first-order valence-electron chi connectivity index (χ1n) is 39.9. The Morgan fingerprint density at radius 1 is 0.463 bits per heavy atom. The number of amides is 3. The smallest absolute Gasteiger partial charge is 0.332 e. The van der Waals surface area contributed by atoms with Crippen LogP contribution in [0.5, 0.6) is 17.2 Å². The van der Waals surface area contributed by atoms with E-state index >= 15 is 13.2 Å². The number of carbonyl (C=O) groups excluding carboxylic acids is 3. The predicted molar refractivity (Wildman–Crippen MR) is 464 cm³/mol. The molecule has 37 heteroatoms. The summed E-state index contributed by atoms with van der Waals surface area (Å²) in [6.45, 7) is 15.8. The summed E-state index contributed by atoms with van der Waals surface area (Å²) in [5.41, 5.74) is 2.72. The largest absolute Gasteiger partial charge is 0.502 e. The predicted octanol–water partition coefficient (Wildman–Crippen LogP) is 14.2. The van der Waals surface area contributed by atoms with Crippen molar-refractivity contribution in [2.75, 3.05) is 128 Å². The highest BCUT2D eigenvalue weighted by Gasteiger charge is 2.52. The van der Waals surface area contributed by atoms with Crippen LogP contribution in [0.25, 0.3) is 0 Å². The molecule has 1 N–H and O–H groups in total. The molecule has 9 aliphatic heterocycles. The van der Waals surface area contributed by atoms with Gasteiger partial charge in [0.15, 0.2) is 69.2 Å². The van der Waals surface area contributed by atoms with E-state index in [9.17, 15) is 60.7 Å². The molecular formula is C86H88BrF6N9O15P3S3+. The summed E-state index contributed by atoms with van der Waals surface area (Å²) in [7, 11) is -7.22. The molecular weight excluding hydrogens is 1780 g/mol. The number of rotatable bonds is 13. The molecule has 9 aliphatic rings. The van der Waals surface area contributed by atoms with Crippen molar-refractivity contribution in [3.63, 3.8) is 0 Å².